The number of hydrogen-bond donors (Lipinski definition) is 3. The Morgan fingerprint density at radius 1 is 0.730 bits per heavy atom. The van der Waals surface area contributed by atoms with Gasteiger partial charge in [0.05, 0.1) is 11.5 Å². The summed E-state index contributed by atoms with van der Waals surface area (Å²) in [7, 11) is 0. The third-order valence-electron chi connectivity index (χ3n) is 6.14. The van der Waals surface area contributed by atoms with Crippen LogP contribution in [0.1, 0.15) is 106 Å². The molecule has 5 heteroatoms. The van der Waals surface area contributed by atoms with Crippen LogP contribution in [0.2, 0.25) is 0 Å². The second-order valence-electron chi connectivity index (χ2n) is 9.93. The predicted molar refractivity (Wildman–Crippen MR) is 158 cm³/mol. The molecule has 0 unspecified atom stereocenters. The van der Waals surface area contributed by atoms with E-state index in [1.807, 2.05) is 116 Å². The maximum Gasteiger partial charge on any atom is 0.306 e. The Hall–Kier alpha value is -2.66. The van der Waals surface area contributed by atoms with Crippen LogP contribution in [0, 0.1) is 11.8 Å². The van der Waals surface area contributed by atoms with Crippen molar-refractivity contribution in [3.8, 4) is 0 Å². The lowest BCUT2D eigenvalue weighted by Crippen LogP contribution is -2.43. The first-order valence-electron chi connectivity index (χ1n) is 13.8. The van der Waals surface area contributed by atoms with Crippen molar-refractivity contribution in [3.05, 3.63) is 71.8 Å². The van der Waals surface area contributed by atoms with Gasteiger partial charge in [-0.25, -0.2) is 0 Å². The van der Waals surface area contributed by atoms with Gasteiger partial charge in [0.1, 0.15) is 0 Å². The number of carbonyl (C=O) groups excluding carboxylic acids is 1. The van der Waals surface area contributed by atoms with Crippen LogP contribution in [0.3, 0.4) is 0 Å². The van der Waals surface area contributed by atoms with Crippen molar-refractivity contribution in [1.29, 1.82) is 0 Å². The maximum atomic E-state index is 12.1. The lowest BCUT2D eigenvalue weighted by molar-refractivity contribution is -0.141. The topological polar surface area (TPSA) is 92.4 Å². The van der Waals surface area contributed by atoms with Gasteiger partial charge in [-0.05, 0) is 64.5 Å². The zero-order valence-corrected chi connectivity index (χ0v) is 25.1. The van der Waals surface area contributed by atoms with Crippen LogP contribution in [0.15, 0.2) is 60.7 Å². The van der Waals surface area contributed by atoms with Crippen LogP contribution in [-0.2, 0) is 20.7 Å². The Kier molecular flexibility index (Phi) is 19.2. The Bertz CT molecular complexity index is 835. The van der Waals surface area contributed by atoms with E-state index in [0.29, 0.717) is 0 Å². The summed E-state index contributed by atoms with van der Waals surface area (Å²) >= 11 is 0. The van der Waals surface area contributed by atoms with E-state index in [-0.39, 0.29) is 28.8 Å². The molecule has 0 aromatic heterocycles. The second kappa shape index (κ2) is 19.5. The molecule has 2 aromatic carbocycles. The van der Waals surface area contributed by atoms with E-state index in [9.17, 15) is 9.59 Å². The molecule has 2 aromatic rings. The highest BCUT2D eigenvalue weighted by molar-refractivity contribution is 5.79. The minimum Gasteiger partial charge on any atom is -0.481 e. The van der Waals surface area contributed by atoms with E-state index in [4.69, 9.17) is 10.8 Å². The van der Waals surface area contributed by atoms with Gasteiger partial charge in [-0.3, -0.25) is 9.59 Å². The van der Waals surface area contributed by atoms with Crippen LogP contribution < -0.4 is 11.1 Å². The van der Waals surface area contributed by atoms with Crippen molar-refractivity contribution in [1.82, 2.24) is 5.32 Å². The van der Waals surface area contributed by atoms with Gasteiger partial charge in [0, 0.05) is 11.5 Å². The van der Waals surface area contributed by atoms with Crippen molar-refractivity contribution < 1.29 is 14.7 Å². The summed E-state index contributed by atoms with van der Waals surface area (Å²) in [6, 6.07) is 20.2. The number of aliphatic carboxylic acids is 1. The molecule has 0 aliphatic carbocycles. The molecule has 37 heavy (non-hydrogen) atoms. The summed E-state index contributed by atoms with van der Waals surface area (Å²) in [6.45, 7) is 20.0. The smallest absolute Gasteiger partial charge is 0.306 e. The summed E-state index contributed by atoms with van der Waals surface area (Å²) in [6.07, 6.45) is 3.28. The van der Waals surface area contributed by atoms with Crippen molar-refractivity contribution in [2.45, 2.75) is 106 Å². The average molecular weight is 515 g/mol. The summed E-state index contributed by atoms with van der Waals surface area (Å²) in [5.41, 5.74) is 7.66. The first-order chi connectivity index (χ1) is 17.3. The van der Waals surface area contributed by atoms with Crippen LogP contribution >= 0.6 is 0 Å². The van der Waals surface area contributed by atoms with Crippen molar-refractivity contribution >= 4 is 11.9 Å². The molecule has 2 rings (SSSR count). The van der Waals surface area contributed by atoms with E-state index in [2.05, 4.69) is 19.2 Å². The molecule has 0 heterocycles. The highest BCUT2D eigenvalue weighted by atomic mass is 16.4. The van der Waals surface area contributed by atoms with Crippen LogP contribution in [-0.4, -0.2) is 17.0 Å². The molecular formula is C32H54N2O3. The highest BCUT2D eigenvalue weighted by Gasteiger charge is 2.25. The molecule has 0 saturated heterocycles. The van der Waals surface area contributed by atoms with Crippen molar-refractivity contribution in [2.75, 3.05) is 0 Å². The standard InChI is InChI=1S/C15H23NO.C9H13N.C6H12O2.C2H6/c1-5-12(6-2)14(17)16-15(3,4)13-10-8-7-9-11-13;1-9(2,10)8-6-4-3-5-7-8;1-3-5(4-2)6(7)8;1-2/h7-12H,5-6H2,1-4H3,(H,16,17);3-7H,10H2,1-2H3;5H,3-4H2,1-2H3,(H,7,8);1-2H3. The van der Waals surface area contributed by atoms with Gasteiger partial charge in [0.25, 0.3) is 0 Å². The van der Waals surface area contributed by atoms with Gasteiger partial charge in [-0.1, -0.05) is 102 Å². The fourth-order valence-corrected chi connectivity index (χ4v) is 3.50. The predicted octanol–water partition coefficient (Wildman–Crippen LogP) is 7.89. The molecule has 1 amide bonds. The van der Waals surface area contributed by atoms with Gasteiger partial charge in [-0.15, -0.1) is 0 Å². The number of carboxylic acids is 1. The lowest BCUT2D eigenvalue weighted by atomic mass is 9.92. The lowest BCUT2D eigenvalue weighted by Gasteiger charge is -2.29. The highest BCUT2D eigenvalue weighted by Crippen LogP contribution is 2.21. The van der Waals surface area contributed by atoms with E-state index in [1.165, 1.54) is 5.56 Å². The van der Waals surface area contributed by atoms with Crippen molar-refractivity contribution in [3.63, 3.8) is 0 Å². The Balaban J connectivity index is 0. The average Bonchev–Trinajstić information content (AvgIpc) is 2.87. The molecule has 0 aliphatic rings. The van der Waals surface area contributed by atoms with Gasteiger partial charge in [0.2, 0.25) is 5.91 Å². The zero-order chi connectivity index (χ0) is 29.1. The second-order valence-corrected chi connectivity index (χ2v) is 9.93. The van der Waals surface area contributed by atoms with Gasteiger partial charge in [-0.2, -0.15) is 0 Å². The van der Waals surface area contributed by atoms with Gasteiger partial charge in [0.15, 0.2) is 0 Å². The first-order valence-corrected chi connectivity index (χ1v) is 13.8. The molecule has 0 atom stereocenters. The summed E-state index contributed by atoms with van der Waals surface area (Å²) in [5.74, 6) is -0.521. The van der Waals surface area contributed by atoms with Crippen LogP contribution in [0.4, 0.5) is 0 Å². The number of rotatable bonds is 9. The molecule has 0 bridgehead atoms. The Morgan fingerprint density at radius 2 is 1.08 bits per heavy atom. The quantitative estimate of drug-likeness (QED) is 0.317. The number of carbonyl (C=O) groups is 2. The molecule has 0 aliphatic heterocycles. The van der Waals surface area contributed by atoms with E-state index >= 15 is 0 Å². The summed E-state index contributed by atoms with van der Waals surface area (Å²) < 4.78 is 0. The Labute approximate surface area is 227 Å². The first kappa shape index (κ1) is 36.5. The molecule has 0 radical (unpaired) electrons. The number of nitrogens with two attached hydrogens (primary N) is 1. The molecule has 210 valence electrons. The monoisotopic (exact) mass is 514 g/mol. The zero-order valence-electron chi connectivity index (χ0n) is 25.1. The van der Waals surface area contributed by atoms with E-state index in [1.54, 1.807) is 0 Å². The number of hydrogen-bond acceptors (Lipinski definition) is 3. The number of nitrogens with one attached hydrogen (secondary N) is 1. The molecule has 0 saturated carbocycles. The summed E-state index contributed by atoms with van der Waals surface area (Å²) in [4.78, 5) is 22.2. The normalized spacial score (nSPS) is 10.7. The van der Waals surface area contributed by atoms with Crippen molar-refractivity contribution in [2.24, 2.45) is 17.6 Å². The minimum atomic E-state index is -0.671. The van der Waals surface area contributed by atoms with Gasteiger partial charge >= 0.3 is 5.97 Å². The molecule has 5 nitrogen and oxygen atoms in total. The number of carboxylic acid groups (broad SMARTS) is 1. The third kappa shape index (κ3) is 15.2. The summed E-state index contributed by atoms with van der Waals surface area (Å²) in [5, 5.41) is 11.5. The number of amides is 1. The van der Waals surface area contributed by atoms with E-state index in [0.717, 1.165) is 31.2 Å². The largest absolute Gasteiger partial charge is 0.481 e. The minimum absolute atomic E-state index is 0.123. The number of benzene rings is 2. The molecule has 0 fully saturated rings. The Morgan fingerprint density at radius 3 is 1.32 bits per heavy atom. The fourth-order valence-electron chi connectivity index (χ4n) is 3.50. The molecular weight excluding hydrogens is 460 g/mol. The third-order valence-corrected chi connectivity index (χ3v) is 6.14. The van der Waals surface area contributed by atoms with E-state index < -0.39 is 5.97 Å². The SMILES string of the molecule is CC.CC(C)(N)c1ccccc1.CCC(CC)C(=O)NC(C)(C)c1ccccc1.CCC(CC)C(=O)O. The molecule has 0 spiro atoms. The van der Waals surface area contributed by atoms with Gasteiger partial charge < -0.3 is 16.2 Å². The maximum absolute atomic E-state index is 12.1. The van der Waals surface area contributed by atoms with Crippen LogP contribution in [0.25, 0.3) is 0 Å². The fraction of sp³-hybridized carbons (Fsp3) is 0.562. The molecule has 4 N–H and O–H groups in total. The van der Waals surface area contributed by atoms with Crippen LogP contribution in [0.5, 0.6) is 0 Å².